The number of sulfonamides is 1. The minimum Gasteiger partial charge on any atom is -0.336 e. The zero-order valence-corrected chi connectivity index (χ0v) is 14.7. The highest BCUT2D eigenvalue weighted by Crippen LogP contribution is 2.23. The molecule has 1 saturated heterocycles. The van der Waals surface area contributed by atoms with Gasteiger partial charge in [-0.15, -0.1) is 0 Å². The van der Waals surface area contributed by atoms with E-state index in [2.05, 4.69) is 6.92 Å². The molecule has 0 bridgehead atoms. The van der Waals surface area contributed by atoms with Crippen LogP contribution >= 0.6 is 0 Å². The van der Waals surface area contributed by atoms with Crippen molar-refractivity contribution in [1.29, 1.82) is 0 Å². The largest absolute Gasteiger partial charge is 0.336 e. The number of benzene rings is 1. The summed E-state index contributed by atoms with van der Waals surface area (Å²) in [6.07, 6.45) is 4.15. The second-order valence-corrected chi connectivity index (χ2v) is 7.61. The summed E-state index contributed by atoms with van der Waals surface area (Å²) < 4.78 is 25.1. The monoisotopic (exact) mass is 340 g/mol. The highest BCUT2D eigenvalue weighted by molar-refractivity contribution is 7.89. The van der Waals surface area contributed by atoms with E-state index in [1.165, 1.54) is 26.3 Å². The van der Waals surface area contributed by atoms with E-state index in [4.69, 9.17) is 4.84 Å². The molecule has 1 atom stereocenters. The first-order valence-electron chi connectivity index (χ1n) is 7.86. The van der Waals surface area contributed by atoms with E-state index in [0.29, 0.717) is 5.56 Å². The maximum absolute atomic E-state index is 12.7. The lowest BCUT2D eigenvalue weighted by Gasteiger charge is -2.35. The molecular weight excluding hydrogens is 316 g/mol. The zero-order chi connectivity index (χ0) is 17.0. The van der Waals surface area contributed by atoms with Crippen LogP contribution in [-0.2, 0) is 14.9 Å². The number of amides is 1. The third-order valence-corrected chi connectivity index (χ3v) is 6.05. The van der Waals surface area contributed by atoms with E-state index in [1.807, 2.05) is 4.90 Å². The van der Waals surface area contributed by atoms with E-state index in [0.717, 1.165) is 36.7 Å². The fraction of sp³-hybridized carbons (Fsp3) is 0.562. The molecule has 23 heavy (non-hydrogen) atoms. The van der Waals surface area contributed by atoms with Crippen molar-refractivity contribution in [3.63, 3.8) is 0 Å². The molecule has 2 rings (SSSR count). The van der Waals surface area contributed by atoms with Crippen molar-refractivity contribution in [2.45, 2.75) is 43.5 Å². The molecule has 1 aromatic rings. The van der Waals surface area contributed by atoms with Crippen molar-refractivity contribution >= 4 is 15.9 Å². The molecule has 1 amide bonds. The Labute approximate surface area is 138 Å². The molecule has 1 heterocycles. The average Bonchev–Trinajstić information content (AvgIpc) is 2.60. The van der Waals surface area contributed by atoms with Crippen LogP contribution < -0.4 is 0 Å². The molecule has 0 aliphatic carbocycles. The quantitative estimate of drug-likeness (QED) is 0.771. The lowest BCUT2D eigenvalue weighted by atomic mass is 9.99. The normalized spacial score (nSPS) is 19.1. The molecule has 1 unspecified atom stereocenters. The number of piperidine rings is 1. The highest BCUT2D eigenvalue weighted by Gasteiger charge is 2.27. The van der Waals surface area contributed by atoms with Gasteiger partial charge in [-0.2, -0.15) is 0 Å². The minimum atomic E-state index is -3.69. The Balaban J connectivity index is 2.20. The van der Waals surface area contributed by atoms with Crippen LogP contribution in [0.1, 0.15) is 43.0 Å². The van der Waals surface area contributed by atoms with Crippen molar-refractivity contribution in [2.24, 2.45) is 0 Å². The van der Waals surface area contributed by atoms with Gasteiger partial charge in [-0.1, -0.05) is 11.4 Å². The van der Waals surface area contributed by atoms with Crippen LogP contribution in [0.2, 0.25) is 0 Å². The molecule has 7 heteroatoms. The second-order valence-electron chi connectivity index (χ2n) is 5.68. The molecule has 1 aromatic carbocycles. The van der Waals surface area contributed by atoms with Gasteiger partial charge in [0.25, 0.3) is 15.9 Å². The van der Waals surface area contributed by atoms with Gasteiger partial charge in [-0.25, -0.2) is 8.42 Å². The number of nitrogens with zero attached hydrogens (tertiary/aromatic N) is 2. The predicted octanol–water partition coefficient (Wildman–Crippen LogP) is 2.27. The number of rotatable bonds is 5. The number of hydroxylamine groups is 1. The topological polar surface area (TPSA) is 66.9 Å². The maximum atomic E-state index is 12.7. The van der Waals surface area contributed by atoms with Gasteiger partial charge in [0.1, 0.15) is 0 Å². The Morgan fingerprint density at radius 1 is 1.30 bits per heavy atom. The summed E-state index contributed by atoms with van der Waals surface area (Å²) in [7, 11) is -1.07. The van der Waals surface area contributed by atoms with Gasteiger partial charge in [0.2, 0.25) is 0 Å². The fourth-order valence-electron chi connectivity index (χ4n) is 2.87. The van der Waals surface area contributed by atoms with E-state index in [1.54, 1.807) is 12.1 Å². The number of hydrogen-bond donors (Lipinski definition) is 0. The Kier molecular flexibility index (Phi) is 5.78. The van der Waals surface area contributed by atoms with Crippen LogP contribution in [0.25, 0.3) is 0 Å². The van der Waals surface area contributed by atoms with Gasteiger partial charge in [0.15, 0.2) is 0 Å². The summed E-state index contributed by atoms with van der Waals surface area (Å²) in [4.78, 5) is 19.4. The van der Waals surface area contributed by atoms with Gasteiger partial charge in [0.05, 0.1) is 12.0 Å². The maximum Gasteiger partial charge on any atom is 0.264 e. The molecular formula is C16H24N2O4S. The van der Waals surface area contributed by atoms with Gasteiger partial charge in [-0.05, 0) is 49.9 Å². The van der Waals surface area contributed by atoms with Crippen molar-refractivity contribution in [2.75, 3.05) is 20.7 Å². The van der Waals surface area contributed by atoms with Crippen LogP contribution in [0.4, 0.5) is 0 Å². The number of likely N-dealkylation sites (tertiary alicyclic amines) is 1. The molecule has 1 fully saturated rings. The van der Waals surface area contributed by atoms with E-state index < -0.39 is 10.0 Å². The summed E-state index contributed by atoms with van der Waals surface area (Å²) in [6.45, 7) is 2.86. The van der Waals surface area contributed by atoms with Crippen molar-refractivity contribution in [3.8, 4) is 0 Å². The predicted molar refractivity (Wildman–Crippen MR) is 87.4 cm³/mol. The summed E-state index contributed by atoms with van der Waals surface area (Å²) in [5.41, 5.74) is 0.518. The van der Waals surface area contributed by atoms with Crippen molar-refractivity contribution < 1.29 is 18.0 Å². The molecule has 1 aliphatic rings. The van der Waals surface area contributed by atoms with E-state index >= 15 is 0 Å². The first-order chi connectivity index (χ1) is 10.9. The lowest BCUT2D eigenvalue weighted by Crippen LogP contribution is -2.43. The summed E-state index contributed by atoms with van der Waals surface area (Å²) >= 11 is 0. The van der Waals surface area contributed by atoms with Crippen LogP contribution in [-0.4, -0.2) is 50.4 Å². The van der Waals surface area contributed by atoms with Crippen LogP contribution in [0.5, 0.6) is 0 Å². The third-order valence-electron chi connectivity index (χ3n) is 4.35. The lowest BCUT2D eigenvalue weighted by molar-refractivity contribution is -0.0258. The third kappa shape index (κ3) is 3.73. The molecule has 128 valence electrons. The highest BCUT2D eigenvalue weighted by atomic mass is 32.2. The molecule has 6 nitrogen and oxygen atoms in total. The van der Waals surface area contributed by atoms with E-state index in [9.17, 15) is 13.2 Å². The number of carbonyl (C=O) groups is 1. The van der Waals surface area contributed by atoms with E-state index in [-0.39, 0.29) is 16.8 Å². The molecule has 1 aliphatic heterocycles. The molecule has 0 spiro atoms. The molecule has 0 saturated carbocycles. The first-order valence-corrected chi connectivity index (χ1v) is 9.30. The Morgan fingerprint density at radius 2 is 1.96 bits per heavy atom. The smallest absolute Gasteiger partial charge is 0.264 e. The molecule has 0 N–H and O–H groups in total. The molecule has 0 aromatic heterocycles. The van der Waals surface area contributed by atoms with Crippen LogP contribution in [0.3, 0.4) is 0 Å². The number of carbonyl (C=O) groups excluding carboxylic acids is 1. The fourth-order valence-corrected chi connectivity index (χ4v) is 3.85. The number of hydrogen-bond acceptors (Lipinski definition) is 4. The van der Waals surface area contributed by atoms with Gasteiger partial charge >= 0.3 is 0 Å². The zero-order valence-electron chi connectivity index (χ0n) is 13.9. The first kappa shape index (κ1) is 17.9. The Hall–Kier alpha value is -1.44. The Morgan fingerprint density at radius 3 is 2.52 bits per heavy atom. The standard InChI is InChI=1S/C16H24N2O4S/c1-4-14-7-5-6-12-18(14)16(19)13-8-10-15(11-9-13)23(20,21)17(2)22-3/h8-11,14H,4-7,12H2,1-3H3. The van der Waals surface area contributed by atoms with Crippen LogP contribution in [0.15, 0.2) is 29.2 Å². The van der Waals surface area contributed by atoms with Crippen molar-refractivity contribution in [3.05, 3.63) is 29.8 Å². The summed E-state index contributed by atoms with van der Waals surface area (Å²) in [6, 6.07) is 6.31. The van der Waals surface area contributed by atoms with Gasteiger partial charge in [0, 0.05) is 25.2 Å². The minimum absolute atomic E-state index is 0.0272. The summed E-state index contributed by atoms with van der Waals surface area (Å²) in [5, 5.41) is 0. The summed E-state index contributed by atoms with van der Waals surface area (Å²) in [5.74, 6) is -0.0272. The second kappa shape index (κ2) is 7.42. The van der Waals surface area contributed by atoms with Gasteiger partial charge in [-0.3, -0.25) is 9.63 Å². The average molecular weight is 340 g/mol. The molecule has 0 radical (unpaired) electrons. The Bertz CT molecular complexity index is 643. The van der Waals surface area contributed by atoms with Gasteiger partial charge < -0.3 is 4.90 Å². The van der Waals surface area contributed by atoms with Crippen molar-refractivity contribution in [1.82, 2.24) is 9.37 Å². The van der Waals surface area contributed by atoms with Crippen LogP contribution in [0, 0.1) is 0 Å². The SMILES string of the molecule is CCC1CCCCN1C(=O)c1ccc(S(=O)(=O)N(C)OC)cc1.